The van der Waals surface area contributed by atoms with Gasteiger partial charge in [0, 0.05) is 35.3 Å². The molecule has 0 spiro atoms. The normalized spacial score (nSPS) is 21.8. The standard InChI is InChI=1S/C37H28N2O9/c40-37(38-7-5-19-11-25-35(47-15-43-25)31-27(19)21(38)9-17-1-3-23-33(29(17)31)45-13-41-23)39-8-6-20-12-26-36(48-16-44-26)32-28(20)22(39)10-18-2-4-24-34(30(18)32)46-14-42-24/h1-4,11-12,21-22H,5-10,13-16H2/t21-,22-/m0/s1. The topological polar surface area (TPSA) is 97.4 Å². The highest BCUT2D eigenvalue weighted by molar-refractivity contribution is 5.92. The summed E-state index contributed by atoms with van der Waals surface area (Å²) in [5.74, 6) is 5.85. The predicted octanol–water partition coefficient (Wildman–Crippen LogP) is 5.67. The van der Waals surface area contributed by atoms with Crippen molar-refractivity contribution < 1.29 is 42.7 Å². The van der Waals surface area contributed by atoms with Gasteiger partial charge in [0.1, 0.15) is 0 Å². The van der Waals surface area contributed by atoms with Crippen LogP contribution in [0.4, 0.5) is 4.79 Å². The monoisotopic (exact) mass is 644 g/mol. The van der Waals surface area contributed by atoms with Crippen molar-refractivity contribution in [3.05, 3.63) is 69.8 Å². The molecule has 6 aliphatic heterocycles. The summed E-state index contributed by atoms with van der Waals surface area (Å²) < 4.78 is 47.7. The van der Waals surface area contributed by atoms with Gasteiger partial charge in [-0.05, 0) is 83.3 Å². The highest BCUT2D eigenvalue weighted by atomic mass is 16.7. The van der Waals surface area contributed by atoms with Crippen LogP contribution in [0.5, 0.6) is 46.0 Å². The molecule has 0 radical (unpaired) electrons. The number of ether oxygens (including phenoxy) is 8. The van der Waals surface area contributed by atoms with E-state index in [9.17, 15) is 0 Å². The summed E-state index contributed by atoms with van der Waals surface area (Å²) in [6.45, 7) is 1.90. The van der Waals surface area contributed by atoms with Gasteiger partial charge >= 0.3 is 6.03 Å². The number of fused-ring (bicyclic) bond motifs is 12. The molecule has 2 aliphatic carbocycles. The Balaban J connectivity index is 0.990. The third-order valence-corrected chi connectivity index (χ3v) is 11.3. The van der Waals surface area contributed by atoms with Crippen LogP contribution in [0.2, 0.25) is 0 Å². The van der Waals surface area contributed by atoms with E-state index in [-0.39, 0.29) is 45.3 Å². The second kappa shape index (κ2) is 8.91. The second-order valence-corrected chi connectivity index (χ2v) is 13.4. The van der Waals surface area contributed by atoms with Gasteiger partial charge in [-0.2, -0.15) is 0 Å². The van der Waals surface area contributed by atoms with E-state index in [4.69, 9.17) is 37.9 Å². The van der Waals surface area contributed by atoms with Crippen molar-refractivity contribution >= 4 is 6.03 Å². The minimum Gasteiger partial charge on any atom is -0.454 e. The van der Waals surface area contributed by atoms with E-state index < -0.39 is 0 Å². The summed E-state index contributed by atoms with van der Waals surface area (Å²) in [5.41, 5.74) is 10.7. The Morgan fingerprint density at radius 3 is 1.38 bits per heavy atom. The van der Waals surface area contributed by atoms with Gasteiger partial charge in [-0.25, -0.2) is 4.79 Å². The molecule has 0 aromatic heterocycles. The zero-order valence-electron chi connectivity index (χ0n) is 25.8. The summed E-state index contributed by atoms with van der Waals surface area (Å²) in [7, 11) is 0. The van der Waals surface area contributed by atoms with Gasteiger partial charge in [0.2, 0.25) is 27.2 Å². The zero-order chi connectivity index (χ0) is 31.2. The Hall–Kier alpha value is -5.45. The largest absolute Gasteiger partial charge is 0.454 e. The maximum atomic E-state index is 15.1. The molecule has 11 nitrogen and oxygen atoms in total. The van der Waals surface area contributed by atoms with Crippen LogP contribution in [0.25, 0.3) is 22.3 Å². The molecule has 12 rings (SSSR count). The smallest absolute Gasteiger partial charge is 0.321 e. The number of carbonyl (C=O) groups is 1. The van der Waals surface area contributed by atoms with Crippen molar-refractivity contribution in [3.8, 4) is 68.2 Å². The molecule has 0 saturated carbocycles. The van der Waals surface area contributed by atoms with Crippen molar-refractivity contribution in [3.63, 3.8) is 0 Å². The van der Waals surface area contributed by atoms with E-state index in [2.05, 4.69) is 34.1 Å². The highest BCUT2D eigenvalue weighted by Crippen LogP contribution is 2.60. The van der Waals surface area contributed by atoms with Crippen LogP contribution in [0.15, 0.2) is 36.4 Å². The minimum absolute atomic E-state index is 0.0434. The van der Waals surface area contributed by atoms with Crippen molar-refractivity contribution in [2.45, 2.75) is 37.8 Å². The molecule has 48 heavy (non-hydrogen) atoms. The SMILES string of the molecule is O=C(N1CCc2cc3c(c4c2[C@@H]1Cc1ccc2c(c1-4)OCO2)OCO3)N1CCc2cc3c(c4c2[C@@H]1Cc1ccc2c(c1-4)OCO2)OCO3. The van der Waals surface area contributed by atoms with E-state index >= 15 is 4.79 Å². The molecule has 0 saturated heterocycles. The summed E-state index contributed by atoms with van der Waals surface area (Å²) >= 11 is 0. The van der Waals surface area contributed by atoms with E-state index in [1.807, 2.05) is 12.1 Å². The Kier molecular flexibility index (Phi) is 4.76. The van der Waals surface area contributed by atoms with Gasteiger partial charge in [-0.3, -0.25) is 0 Å². The summed E-state index contributed by atoms with van der Waals surface area (Å²) in [6, 6.07) is 12.1. The Morgan fingerprint density at radius 2 is 0.917 bits per heavy atom. The summed E-state index contributed by atoms with van der Waals surface area (Å²) in [6.07, 6.45) is 2.77. The quantitative estimate of drug-likeness (QED) is 0.240. The van der Waals surface area contributed by atoms with E-state index in [0.717, 1.165) is 79.0 Å². The Morgan fingerprint density at radius 1 is 0.500 bits per heavy atom. The first kappa shape index (κ1) is 25.6. The van der Waals surface area contributed by atoms with Gasteiger partial charge in [0.15, 0.2) is 46.0 Å². The molecule has 2 amide bonds. The number of hydrogen-bond acceptors (Lipinski definition) is 9. The van der Waals surface area contributed by atoms with E-state index in [1.165, 1.54) is 11.1 Å². The molecule has 6 heterocycles. The van der Waals surface area contributed by atoms with Gasteiger partial charge < -0.3 is 47.7 Å². The molecular formula is C37H28N2O9. The average molecular weight is 645 g/mol. The first-order valence-electron chi connectivity index (χ1n) is 16.5. The van der Waals surface area contributed by atoms with Crippen molar-refractivity contribution in [2.75, 3.05) is 40.3 Å². The van der Waals surface area contributed by atoms with Crippen LogP contribution in [0.3, 0.4) is 0 Å². The van der Waals surface area contributed by atoms with Crippen molar-refractivity contribution in [1.29, 1.82) is 0 Å². The van der Waals surface area contributed by atoms with Crippen molar-refractivity contribution in [1.82, 2.24) is 9.80 Å². The molecule has 11 heteroatoms. The third-order valence-electron chi connectivity index (χ3n) is 11.3. The van der Waals surface area contributed by atoms with Crippen LogP contribution in [0.1, 0.15) is 45.5 Å². The van der Waals surface area contributed by atoms with Crippen LogP contribution >= 0.6 is 0 Å². The van der Waals surface area contributed by atoms with Crippen LogP contribution in [-0.4, -0.2) is 56.1 Å². The summed E-state index contributed by atoms with van der Waals surface area (Å²) in [4.78, 5) is 19.3. The molecule has 0 bridgehead atoms. The highest BCUT2D eigenvalue weighted by Gasteiger charge is 2.47. The van der Waals surface area contributed by atoms with Crippen LogP contribution in [-0.2, 0) is 25.7 Å². The van der Waals surface area contributed by atoms with E-state index in [1.54, 1.807) is 0 Å². The van der Waals surface area contributed by atoms with Gasteiger partial charge in [-0.1, -0.05) is 12.1 Å². The lowest BCUT2D eigenvalue weighted by Gasteiger charge is -2.47. The first-order valence-corrected chi connectivity index (χ1v) is 16.5. The number of benzene rings is 4. The van der Waals surface area contributed by atoms with Gasteiger partial charge in [0.05, 0.1) is 12.1 Å². The lowest BCUT2D eigenvalue weighted by molar-refractivity contribution is 0.106. The molecule has 8 aliphatic rings. The van der Waals surface area contributed by atoms with Crippen LogP contribution < -0.4 is 37.9 Å². The number of carbonyl (C=O) groups excluding carboxylic acids is 1. The Bertz CT molecular complexity index is 2030. The molecule has 4 aromatic rings. The fraction of sp³-hybridized carbons (Fsp3) is 0.324. The maximum Gasteiger partial charge on any atom is 0.321 e. The van der Waals surface area contributed by atoms with E-state index in [0.29, 0.717) is 50.3 Å². The molecule has 0 N–H and O–H groups in total. The number of nitrogens with zero attached hydrogens (tertiary/aromatic N) is 2. The molecule has 2 atom stereocenters. The number of amides is 2. The zero-order valence-corrected chi connectivity index (χ0v) is 25.8. The summed E-state index contributed by atoms with van der Waals surface area (Å²) in [5, 5.41) is 0. The molecular weight excluding hydrogens is 616 g/mol. The maximum absolute atomic E-state index is 15.1. The lowest BCUT2D eigenvalue weighted by atomic mass is 9.75. The van der Waals surface area contributed by atoms with Crippen LogP contribution in [0, 0.1) is 0 Å². The number of rotatable bonds is 0. The lowest BCUT2D eigenvalue weighted by Crippen LogP contribution is -2.52. The molecule has 4 aromatic carbocycles. The molecule has 0 fully saturated rings. The minimum atomic E-state index is -0.166. The predicted molar refractivity (Wildman–Crippen MR) is 167 cm³/mol. The van der Waals surface area contributed by atoms with Crippen molar-refractivity contribution in [2.24, 2.45) is 0 Å². The molecule has 240 valence electrons. The fourth-order valence-electron chi connectivity index (χ4n) is 9.38. The first-order chi connectivity index (χ1) is 23.7. The Labute approximate surface area is 274 Å². The average Bonchev–Trinajstić information content (AvgIpc) is 3.94. The van der Waals surface area contributed by atoms with Gasteiger partial charge in [0.25, 0.3) is 0 Å². The second-order valence-electron chi connectivity index (χ2n) is 13.4. The number of hydrogen-bond donors (Lipinski definition) is 0. The fourth-order valence-corrected chi connectivity index (χ4v) is 9.38. The molecule has 0 unspecified atom stereocenters. The third kappa shape index (κ3) is 3.12. The van der Waals surface area contributed by atoms with Gasteiger partial charge in [-0.15, -0.1) is 0 Å². The number of urea groups is 1.